The second-order valence-electron chi connectivity index (χ2n) is 6.38. The van der Waals surface area contributed by atoms with Gasteiger partial charge < -0.3 is 0 Å². The molecule has 1 aromatic carbocycles. The van der Waals surface area contributed by atoms with Crippen LogP contribution in [-0.2, 0) is 4.79 Å². The van der Waals surface area contributed by atoms with Crippen molar-refractivity contribution in [3.63, 3.8) is 0 Å². The molecule has 4 bridgehead atoms. The molecule has 4 atom stereocenters. The number of alkyl halides is 3. The number of allylic oxidation sites excluding steroid dienone is 2. The SMILES string of the molecule is O=C1C2(F)CC3CC1(F)C3(F)C(c1c(F)c(F)c(F)c(F)c1F)=C2F. The van der Waals surface area contributed by atoms with Gasteiger partial charge in [-0.05, 0) is 6.42 Å². The summed E-state index contributed by atoms with van der Waals surface area (Å²) in [6.07, 6.45) is -1.99. The van der Waals surface area contributed by atoms with E-state index in [1.165, 1.54) is 0 Å². The lowest BCUT2D eigenvalue weighted by Crippen LogP contribution is -2.80. The van der Waals surface area contributed by atoms with E-state index in [0.29, 0.717) is 0 Å². The summed E-state index contributed by atoms with van der Waals surface area (Å²) in [7, 11) is 0. The van der Waals surface area contributed by atoms with Crippen LogP contribution in [-0.4, -0.2) is 22.8 Å². The lowest BCUT2D eigenvalue weighted by Gasteiger charge is -2.64. The number of carbonyl (C=O) groups excluding carboxylic acids is 1. The van der Waals surface area contributed by atoms with Gasteiger partial charge in [-0.2, -0.15) is 0 Å². The molecule has 4 unspecified atom stereocenters. The second kappa shape index (κ2) is 4.21. The van der Waals surface area contributed by atoms with Gasteiger partial charge in [-0.15, -0.1) is 0 Å². The van der Waals surface area contributed by atoms with Crippen LogP contribution in [0.15, 0.2) is 5.83 Å². The van der Waals surface area contributed by atoms with Crippen molar-refractivity contribution >= 4 is 11.4 Å². The van der Waals surface area contributed by atoms with E-state index >= 15 is 4.39 Å². The van der Waals surface area contributed by atoms with Crippen molar-refractivity contribution in [2.75, 3.05) is 0 Å². The topological polar surface area (TPSA) is 17.1 Å². The summed E-state index contributed by atoms with van der Waals surface area (Å²) >= 11 is 0. The Morgan fingerprint density at radius 2 is 1.24 bits per heavy atom. The lowest BCUT2D eigenvalue weighted by molar-refractivity contribution is -0.212. The van der Waals surface area contributed by atoms with Gasteiger partial charge in [-0.25, -0.2) is 39.5 Å². The Kier molecular flexibility index (Phi) is 2.77. The lowest BCUT2D eigenvalue weighted by atomic mass is 9.42. The van der Waals surface area contributed by atoms with Crippen molar-refractivity contribution in [2.24, 2.45) is 5.92 Å². The van der Waals surface area contributed by atoms with Crippen LogP contribution in [0.5, 0.6) is 0 Å². The van der Waals surface area contributed by atoms with Gasteiger partial charge in [0.2, 0.25) is 22.9 Å². The molecule has 0 aromatic heterocycles. The summed E-state index contributed by atoms with van der Waals surface area (Å²) < 4.78 is 126. The maximum Gasteiger partial charge on any atom is 0.223 e. The Labute approximate surface area is 133 Å². The molecule has 10 heteroatoms. The number of hydrogen-bond acceptors (Lipinski definition) is 1. The zero-order chi connectivity index (χ0) is 18.7. The standard InChI is InChI=1S/C15H5F9O/c16-6-4(7(17)9(19)10(20)8(6)18)5-11(21)13(22)1-3-2-14(23,12(13)25)15(3,5)24/h3H,1-2H2. The molecule has 1 aromatic rings. The van der Waals surface area contributed by atoms with Crippen LogP contribution in [0.2, 0.25) is 0 Å². The van der Waals surface area contributed by atoms with E-state index in [4.69, 9.17) is 0 Å². The van der Waals surface area contributed by atoms with E-state index in [1.807, 2.05) is 0 Å². The first-order valence-electron chi connectivity index (χ1n) is 6.97. The normalized spacial score (nSPS) is 39.1. The summed E-state index contributed by atoms with van der Waals surface area (Å²) in [5, 5.41) is 0. The molecule has 0 radical (unpaired) electrons. The maximum absolute atomic E-state index is 15.2. The number of ketones is 1. The highest BCUT2D eigenvalue weighted by molar-refractivity contribution is 6.09. The Morgan fingerprint density at radius 1 is 0.760 bits per heavy atom. The number of benzene rings is 1. The molecule has 25 heavy (non-hydrogen) atoms. The van der Waals surface area contributed by atoms with E-state index in [0.717, 1.165) is 0 Å². The molecule has 0 spiro atoms. The molecule has 0 aliphatic heterocycles. The summed E-state index contributed by atoms with van der Waals surface area (Å²) in [5.74, 6) is -19.1. The van der Waals surface area contributed by atoms with Crippen LogP contribution in [0.1, 0.15) is 18.4 Å². The molecule has 1 nitrogen and oxygen atoms in total. The highest BCUT2D eigenvalue weighted by Gasteiger charge is 2.86. The van der Waals surface area contributed by atoms with Gasteiger partial charge in [0.1, 0.15) is 0 Å². The smallest absolute Gasteiger partial charge is 0.223 e. The second-order valence-corrected chi connectivity index (χ2v) is 6.38. The van der Waals surface area contributed by atoms with E-state index in [-0.39, 0.29) is 0 Å². The van der Waals surface area contributed by atoms with Gasteiger partial charge in [0.25, 0.3) is 0 Å². The molecule has 0 N–H and O–H groups in total. The number of carbonyl (C=O) groups is 1. The van der Waals surface area contributed by atoms with Gasteiger partial charge in [-0.1, -0.05) is 0 Å². The fraction of sp³-hybridized carbons (Fsp3) is 0.400. The van der Waals surface area contributed by atoms with E-state index in [1.54, 1.807) is 0 Å². The molecular weight excluding hydrogens is 367 g/mol. The molecule has 5 aliphatic carbocycles. The van der Waals surface area contributed by atoms with Gasteiger partial charge in [-0.3, -0.25) is 4.79 Å². The molecule has 134 valence electrons. The van der Waals surface area contributed by atoms with Crippen LogP contribution in [0.25, 0.3) is 5.57 Å². The van der Waals surface area contributed by atoms with Crippen molar-refractivity contribution in [3.8, 4) is 0 Å². The molecular formula is C15H5F9O. The van der Waals surface area contributed by atoms with Gasteiger partial charge in [0, 0.05) is 17.9 Å². The minimum atomic E-state index is -3.71. The van der Waals surface area contributed by atoms with E-state index < -0.39 is 87.6 Å². The van der Waals surface area contributed by atoms with E-state index in [2.05, 4.69) is 0 Å². The monoisotopic (exact) mass is 372 g/mol. The third kappa shape index (κ3) is 1.41. The first kappa shape index (κ1) is 16.5. The van der Waals surface area contributed by atoms with Crippen LogP contribution < -0.4 is 0 Å². The van der Waals surface area contributed by atoms with Crippen molar-refractivity contribution in [1.82, 2.24) is 0 Å². The average molecular weight is 372 g/mol. The minimum Gasteiger partial charge on any atom is -0.292 e. The Hall–Kier alpha value is -2.00. The molecule has 0 heterocycles. The third-order valence-electron chi connectivity index (χ3n) is 5.31. The highest BCUT2D eigenvalue weighted by Crippen LogP contribution is 2.73. The summed E-state index contributed by atoms with van der Waals surface area (Å²) in [5.41, 5.74) is -15.1. The molecule has 3 saturated carbocycles. The summed E-state index contributed by atoms with van der Waals surface area (Å²) in [6.45, 7) is 0. The molecule has 0 amide bonds. The van der Waals surface area contributed by atoms with Crippen molar-refractivity contribution in [3.05, 3.63) is 40.5 Å². The molecule has 6 rings (SSSR count). The molecule has 3 fully saturated rings. The number of hydrogen-bond donors (Lipinski definition) is 0. The summed E-state index contributed by atoms with van der Waals surface area (Å²) in [4.78, 5) is 11.8. The van der Waals surface area contributed by atoms with Crippen LogP contribution in [0.4, 0.5) is 39.5 Å². The zero-order valence-electron chi connectivity index (χ0n) is 11.8. The predicted molar refractivity (Wildman–Crippen MR) is 63.5 cm³/mol. The van der Waals surface area contributed by atoms with Crippen LogP contribution >= 0.6 is 0 Å². The van der Waals surface area contributed by atoms with Crippen molar-refractivity contribution < 1.29 is 44.3 Å². The first-order chi connectivity index (χ1) is 11.4. The quantitative estimate of drug-likeness (QED) is 0.411. The minimum absolute atomic E-state index is 0.875. The van der Waals surface area contributed by atoms with Gasteiger partial charge in [0.05, 0.1) is 5.56 Å². The largest absolute Gasteiger partial charge is 0.292 e. The summed E-state index contributed by atoms with van der Waals surface area (Å²) in [6, 6.07) is 0. The van der Waals surface area contributed by atoms with Crippen molar-refractivity contribution in [2.45, 2.75) is 29.8 Å². The van der Waals surface area contributed by atoms with Crippen LogP contribution in [0, 0.1) is 35.0 Å². The number of rotatable bonds is 1. The zero-order valence-corrected chi connectivity index (χ0v) is 11.8. The van der Waals surface area contributed by atoms with Gasteiger partial charge in [0.15, 0.2) is 34.8 Å². The fourth-order valence-electron chi connectivity index (χ4n) is 4.10. The Balaban J connectivity index is 2.12. The van der Waals surface area contributed by atoms with Crippen LogP contribution in [0.3, 0.4) is 0 Å². The first-order valence-corrected chi connectivity index (χ1v) is 6.97. The predicted octanol–water partition coefficient (Wildman–Crippen LogP) is 4.19. The third-order valence-corrected chi connectivity index (χ3v) is 5.31. The Morgan fingerprint density at radius 3 is 1.76 bits per heavy atom. The molecule has 5 aliphatic rings. The Bertz CT molecular complexity index is 880. The maximum atomic E-state index is 15.2. The number of halogens is 9. The average Bonchev–Trinajstić information content (AvgIpc) is 2.57. The van der Waals surface area contributed by atoms with Gasteiger partial charge >= 0.3 is 0 Å². The number of Topliss-reactive ketones (excluding diaryl/α,β-unsaturated/α-hetero) is 1. The molecule has 0 saturated heterocycles. The van der Waals surface area contributed by atoms with Crippen molar-refractivity contribution in [1.29, 1.82) is 0 Å². The fourth-order valence-corrected chi connectivity index (χ4v) is 4.10. The van der Waals surface area contributed by atoms with E-state index in [9.17, 15) is 39.9 Å². The highest BCUT2D eigenvalue weighted by atomic mass is 19.2.